The maximum atomic E-state index is 4.17. The van der Waals surface area contributed by atoms with Crippen molar-refractivity contribution in [3.63, 3.8) is 0 Å². The predicted molar refractivity (Wildman–Crippen MR) is 71.8 cm³/mol. The Morgan fingerprint density at radius 1 is 1.28 bits per heavy atom. The Bertz CT molecular complexity index is 438. The lowest BCUT2D eigenvalue weighted by Crippen LogP contribution is -2.31. The summed E-state index contributed by atoms with van der Waals surface area (Å²) in [5, 5.41) is 0. The predicted octanol–water partition coefficient (Wildman–Crippen LogP) is 2.61. The second kappa shape index (κ2) is 6.31. The highest BCUT2D eigenvalue weighted by Crippen LogP contribution is 2.13. The van der Waals surface area contributed by atoms with E-state index < -0.39 is 0 Å². The smallest absolute Gasteiger partial charge is 0.0922 e. The molecule has 0 aromatic carbocycles. The highest BCUT2D eigenvalue weighted by atomic mass is 15.2. The molecule has 0 amide bonds. The van der Waals surface area contributed by atoms with Crippen molar-refractivity contribution in [1.29, 1.82) is 0 Å². The fourth-order valence-electron chi connectivity index (χ4n) is 1.94. The van der Waals surface area contributed by atoms with Gasteiger partial charge < -0.3 is 4.98 Å². The average Bonchev–Trinajstić information content (AvgIpc) is 2.91. The molecule has 2 heterocycles. The molecule has 2 rings (SSSR count). The summed E-state index contributed by atoms with van der Waals surface area (Å²) >= 11 is 0. The molecule has 18 heavy (non-hydrogen) atoms. The first-order chi connectivity index (χ1) is 8.79. The molecule has 1 unspecified atom stereocenters. The fraction of sp³-hybridized carbons (Fsp3) is 0.429. The molecule has 0 radical (unpaired) electrons. The van der Waals surface area contributed by atoms with E-state index in [9.17, 15) is 0 Å². The summed E-state index contributed by atoms with van der Waals surface area (Å²) in [6.07, 6.45) is 8.50. The topological polar surface area (TPSA) is 44.8 Å². The van der Waals surface area contributed by atoms with Gasteiger partial charge in [0.2, 0.25) is 0 Å². The molecule has 2 aromatic rings. The number of H-pyrrole nitrogens is 1. The van der Waals surface area contributed by atoms with Crippen molar-refractivity contribution < 1.29 is 0 Å². The largest absolute Gasteiger partial charge is 0.347 e. The number of aromatic amines is 1. The molecule has 1 atom stereocenters. The minimum absolute atomic E-state index is 0.536. The molecule has 0 spiro atoms. The number of aromatic nitrogens is 3. The number of nitrogens with zero attached hydrogens (tertiary/aromatic N) is 3. The van der Waals surface area contributed by atoms with E-state index in [1.165, 1.54) is 5.56 Å². The monoisotopic (exact) mass is 244 g/mol. The van der Waals surface area contributed by atoms with Crippen LogP contribution in [0.1, 0.15) is 31.5 Å². The normalized spacial score (nSPS) is 12.8. The van der Waals surface area contributed by atoms with Gasteiger partial charge in [0.1, 0.15) is 0 Å². The van der Waals surface area contributed by atoms with Gasteiger partial charge in [-0.1, -0.05) is 13.0 Å². The maximum Gasteiger partial charge on any atom is 0.0922 e. The van der Waals surface area contributed by atoms with Crippen molar-refractivity contribution in [3.05, 3.63) is 48.3 Å². The number of pyridine rings is 1. The van der Waals surface area contributed by atoms with Crippen LogP contribution in [0.2, 0.25) is 0 Å². The summed E-state index contributed by atoms with van der Waals surface area (Å²) in [5.41, 5.74) is 2.40. The van der Waals surface area contributed by atoms with Gasteiger partial charge >= 0.3 is 0 Å². The summed E-state index contributed by atoms with van der Waals surface area (Å²) in [7, 11) is 0. The van der Waals surface area contributed by atoms with Gasteiger partial charge in [0, 0.05) is 43.4 Å². The molecule has 2 aromatic heterocycles. The van der Waals surface area contributed by atoms with Gasteiger partial charge in [0.25, 0.3) is 0 Å². The molecule has 0 saturated carbocycles. The van der Waals surface area contributed by atoms with Crippen molar-refractivity contribution in [2.45, 2.75) is 39.4 Å². The first kappa shape index (κ1) is 12.8. The van der Waals surface area contributed by atoms with Gasteiger partial charge in [0.05, 0.1) is 6.33 Å². The summed E-state index contributed by atoms with van der Waals surface area (Å²) < 4.78 is 0. The van der Waals surface area contributed by atoms with Crippen molar-refractivity contribution >= 4 is 0 Å². The number of hydrogen-bond acceptors (Lipinski definition) is 3. The molecule has 4 nitrogen and oxygen atoms in total. The van der Waals surface area contributed by atoms with Crippen LogP contribution in [0.3, 0.4) is 0 Å². The van der Waals surface area contributed by atoms with Crippen LogP contribution in [0.5, 0.6) is 0 Å². The Morgan fingerprint density at radius 2 is 2.17 bits per heavy atom. The van der Waals surface area contributed by atoms with Crippen LogP contribution in [0.15, 0.2) is 37.1 Å². The molecule has 0 aliphatic heterocycles. The molecular weight excluding hydrogens is 224 g/mol. The van der Waals surface area contributed by atoms with Crippen molar-refractivity contribution in [3.8, 4) is 0 Å². The SMILES string of the molecule is CCC(C)N(Cc1cccnc1)Cc1cnc[nH]1. The zero-order valence-corrected chi connectivity index (χ0v) is 11.0. The lowest BCUT2D eigenvalue weighted by atomic mass is 10.1. The zero-order chi connectivity index (χ0) is 12.8. The van der Waals surface area contributed by atoms with Crippen molar-refractivity contribution in [2.24, 2.45) is 0 Å². The van der Waals surface area contributed by atoms with Crippen LogP contribution in [0, 0.1) is 0 Å². The third kappa shape index (κ3) is 3.40. The maximum absolute atomic E-state index is 4.17. The highest BCUT2D eigenvalue weighted by Gasteiger charge is 2.13. The van der Waals surface area contributed by atoms with Crippen LogP contribution >= 0.6 is 0 Å². The summed E-state index contributed by atoms with van der Waals surface area (Å²) in [6.45, 7) is 6.28. The number of nitrogens with one attached hydrogen (secondary N) is 1. The Hall–Kier alpha value is -1.68. The van der Waals surface area contributed by atoms with Crippen LogP contribution in [-0.4, -0.2) is 25.9 Å². The first-order valence-electron chi connectivity index (χ1n) is 6.39. The van der Waals surface area contributed by atoms with Crippen LogP contribution in [0.25, 0.3) is 0 Å². The third-order valence-corrected chi connectivity index (χ3v) is 3.25. The molecule has 0 saturated heterocycles. The Kier molecular flexibility index (Phi) is 4.47. The van der Waals surface area contributed by atoms with Crippen molar-refractivity contribution in [1.82, 2.24) is 19.9 Å². The average molecular weight is 244 g/mol. The minimum Gasteiger partial charge on any atom is -0.347 e. The summed E-state index contributed by atoms with van der Waals surface area (Å²) in [6, 6.07) is 4.64. The first-order valence-corrected chi connectivity index (χ1v) is 6.39. The summed E-state index contributed by atoms with van der Waals surface area (Å²) in [5.74, 6) is 0. The molecule has 1 N–H and O–H groups in total. The van der Waals surface area contributed by atoms with Gasteiger partial charge in [0.15, 0.2) is 0 Å². The highest BCUT2D eigenvalue weighted by molar-refractivity contribution is 5.09. The molecule has 0 fully saturated rings. The molecule has 0 aliphatic carbocycles. The standard InChI is InChI=1S/C14H20N4/c1-3-12(2)18(10-14-8-16-11-17-14)9-13-5-4-6-15-7-13/h4-8,11-12H,3,9-10H2,1-2H3,(H,16,17). The van der Waals surface area contributed by atoms with Crippen LogP contribution in [-0.2, 0) is 13.1 Å². The minimum atomic E-state index is 0.536. The van der Waals surface area contributed by atoms with Gasteiger partial charge in [-0.3, -0.25) is 9.88 Å². The molecular formula is C14H20N4. The lowest BCUT2D eigenvalue weighted by Gasteiger charge is -2.27. The fourth-order valence-corrected chi connectivity index (χ4v) is 1.94. The summed E-state index contributed by atoms with van der Waals surface area (Å²) in [4.78, 5) is 13.8. The van der Waals surface area contributed by atoms with E-state index >= 15 is 0 Å². The lowest BCUT2D eigenvalue weighted by molar-refractivity contribution is 0.184. The number of imidazole rings is 1. The van der Waals surface area contributed by atoms with Crippen LogP contribution < -0.4 is 0 Å². The van der Waals surface area contributed by atoms with Gasteiger partial charge in [-0.05, 0) is 25.0 Å². The van der Waals surface area contributed by atoms with Gasteiger partial charge in [-0.15, -0.1) is 0 Å². The van der Waals surface area contributed by atoms with Gasteiger partial charge in [-0.25, -0.2) is 4.98 Å². The van der Waals surface area contributed by atoms with E-state index in [4.69, 9.17) is 0 Å². The molecule has 0 aliphatic rings. The molecule has 96 valence electrons. The van der Waals surface area contributed by atoms with E-state index in [-0.39, 0.29) is 0 Å². The van der Waals surface area contributed by atoms with E-state index in [0.717, 1.165) is 25.2 Å². The number of rotatable bonds is 6. The van der Waals surface area contributed by atoms with Crippen LogP contribution in [0.4, 0.5) is 0 Å². The molecule has 4 heteroatoms. The second-order valence-electron chi connectivity index (χ2n) is 4.60. The zero-order valence-electron chi connectivity index (χ0n) is 11.0. The second-order valence-corrected chi connectivity index (χ2v) is 4.60. The Balaban J connectivity index is 2.06. The van der Waals surface area contributed by atoms with E-state index in [1.54, 1.807) is 6.33 Å². The van der Waals surface area contributed by atoms with E-state index in [2.05, 4.69) is 39.8 Å². The molecule has 0 bridgehead atoms. The van der Waals surface area contributed by atoms with Crippen molar-refractivity contribution in [2.75, 3.05) is 0 Å². The van der Waals surface area contributed by atoms with E-state index in [1.807, 2.05) is 24.7 Å². The quantitative estimate of drug-likeness (QED) is 0.849. The Labute approximate surface area is 108 Å². The number of hydrogen-bond donors (Lipinski definition) is 1. The third-order valence-electron chi connectivity index (χ3n) is 3.25. The van der Waals surface area contributed by atoms with Gasteiger partial charge in [-0.2, -0.15) is 0 Å². The Morgan fingerprint density at radius 3 is 2.78 bits per heavy atom. The van der Waals surface area contributed by atoms with E-state index in [0.29, 0.717) is 6.04 Å².